The van der Waals surface area contributed by atoms with Crippen LogP contribution in [-0.4, -0.2) is 29.5 Å². The summed E-state index contributed by atoms with van der Waals surface area (Å²) in [6.07, 6.45) is 0.599. The summed E-state index contributed by atoms with van der Waals surface area (Å²) in [5.74, 6) is 0.559. The molecular weight excluding hydrogens is 396 g/mol. The molecule has 2 N–H and O–H groups in total. The molecule has 152 valence electrons. The summed E-state index contributed by atoms with van der Waals surface area (Å²) in [6, 6.07) is 11.1. The van der Waals surface area contributed by atoms with Crippen LogP contribution in [0.4, 0.5) is 10.5 Å². The number of ether oxygens (including phenoxy) is 2. The third-order valence-electron chi connectivity index (χ3n) is 4.56. The van der Waals surface area contributed by atoms with Crippen molar-refractivity contribution in [3.8, 4) is 11.5 Å². The summed E-state index contributed by atoms with van der Waals surface area (Å²) in [4.78, 5) is 23.5. The summed E-state index contributed by atoms with van der Waals surface area (Å²) in [5.41, 5.74) is 1.84. The number of hydrogen-bond donors (Lipinski definition) is 2. The van der Waals surface area contributed by atoms with Crippen molar-refractivity contribution in [1.82, 2.24) is 4.57 Å². The Kier molecular flexibility index (Phi) is 6.29. The number of methoxy groups -OCH3 is 1. The second-order valence-corrected chi connectivity index (χ2v) is 6.76. The van der Waals surface area contributed by atoms with Crippen molar-refractivity contribution in [2.45, 2.75) is 19.9 Å². The van der Waals surface area contributed by atoms with Crippen LogP contribution < -0.4 is 20.2 Å². The molecule has 0 fully saturated rings. The molecule has 1 heterocycles. The van der Waals surface area contributed by atoms with Crippen molar-refractivity contribution >= 4 is 34.3 Å². The second-order valence-electron chi connectivity index (χ2n) is 6.35. The fourth-order valence-electron chi connectivity index (χ4n) is 3.08. The number of carboxylic acid groups (broad SMARTS) is 1. The maximum absolute atomic E-state index is 12.7. The van der Waals surface area contributed by atoms with Gasteiger partial charge >= 0.3 is 6.16 Å². The first-order valence-electron chi connectivity index (χ1n) is 9.07. The van der Waals surface area contributed by atoms with E-state index in [-0.39, 0.29) is 5.75 Å². The number of nitrogens with zero attached hydrogens (tertiary/aromatic N) is 1. The molecule has 8 heteroatoms. The lowest BCUT2D eigenvalue weighted by atomic mass is 10.1. The van der Waals surface area contributed by atoms with E-state index in [2.05, 4.69) is 10.1 Å². The van der Waals surface area contributed by atoms with E-state index in [1.165, 1.54) is 6.20 Å². The Morgan fingerprint density at radius 1 is 1.24 bits per heavy atom. The van der Waals surface area contributed by atoms with Gasteiger partial charge in [0.1, 0.15) is 5.75 Å². The minimum atomic E-state index is -1.53. The van der Waals surface area contributed by atoms with Gasteiger partial charge in [0.05, 0.1) is 34.9 Å². The molecule has 7 nitrogen and oxygen atoms in total. The number of aromatic nitrogens is 1. The van der Waals surface area contributed by atoms with E-state index in [1.807, 2.05) is 31.2 Å². The summed E-state index contributed by atoms with van der Waals surface area (Å²) in [5, 5.41) is 12.9. The van der Waals surface area contributed by atoms with Crippen molar-refractivity contribution in [1.29, 1.82) is 0 Å². The van der Waals surface area contributed by atoms with Crippen LogP contribution in [0.25, 0.3) is 10.9 Å². The predicted octanol–water partition coefficient (Wildman–Crippen LogP) is 4.39. The molecule has 3 rings (SSSR count). The zero-order valence-electron chi connectivity index (χ0n) is 16.1. The fraction of sp³-hybridized carbons (Fsp3) is 0.238. The van der Waals surface area contributed by atoms with Crippen LogP contribution in [0.1, 0.15) is 12.5 Å². The molecule has 0 aliphatic heterocycles. The molecule has 0 radical (unpaired) electrons. The van der Waals surface area contributed by atoms with Gasteiger partial charge in [-0.15, -0.1) is 0 Å². The van der Waals surface area contributed by atoms with Crippen molar-refractivity contribution in [2.75, 3.05) is 19.0 Å². The van der Waals surface area contributed by atoms with Gasteiger partial charge in [0.2, 0.25) is 5.43 Å². The first-order chi connectivity index (χ1) is 13.9. The fourth-order valence-corrected chi connectivity index (χ4v) is 3.31. The molecule has 2 aromatic carbocycles. The van der Waals surface area contributed by atoms with Gasteiger partial charge in [0, 0.05) is 13.1 Å². The molecule has 1 aromatic heterocycles. The molecular formula is C21H21ClN2O5. The highest BCUT2D eigenvalue weighted by atomic mass is 35.5. The maximum Gasteiger partial charge on any atom is 0.511 e. The minimum absolute atomic E-state index is 0.238. The summed E-state index contributed by atoms with van der Waals surface area (Å²) in [6.45, 7) is 3.00. The van der Waals surface area contributed by atoms with Crippen LogP contribution in [0.2, 0.25) is 5.02 Å². The zero-order chi connectivity index (χ0) is 21.0. The summed E-state index contributed by atoms with van der Waals surface area (Å²) < 4.78 is 11.5. The van der Waals surface area contributed by atoms with Gasteiger partial charge in [-0.1, -0.05) is 23.7 Å². The van der Waals surface area contributed by atoms with Gasteiger partial charge in [-0.25, -0.2) is 4.79 Å². The molecule has 0 atom stereocenters. The van der Waals surface area contributed by atoms with E-state index >= 15 is 0 Å². The molecule has 0 saturated heterocycles. The normalized spacial score (nSPS) is 10.7. The Morgan fingerprint density at radius 3 is 2.59 bits per heavy atom. The van der Waals surface area contributed by atoms with Gasteiger partial charge in [-0.05, 0) is 43.2 Å². The van der Waals surface area contributed by atoms with E-state index in [0.29, 0.717) is 34.7 Å². The highest BCUT2D eigenvalue weighted by molar-refractivity contribution is 6.34. The van der Waals surface area contributed by atoms with E-state index in [1.54, 1.807) is 23.8 Å². The van der Waals surface area contributed by atoms with Crippen molar-refractivity contribution in [3.05, 3.63) is 63.4 Å². The highest BCUT2D eigenvalue weighted by Gasteiger charge is 2.15. The average molecular weight is 417 g/mol. The topological polar surface area (TPSA) is 89.8 Å². The number of halogens is 1. The first kappa shape index (κ1) is 20.5. The van der Waals surface area contributed by atoms with Gasteiger partial charge in [0.25, 0.3) is 0 Å². The Morgan fingerprint density at radius 2 is 1.97 bits per heavy atom. The molecule has 0 amide bonds. The maximum atomic E-state index is 12.7. The Labute approximate surface area is 172 Å². The lowest BCUT2D eigenvalue weighted by molar-refractivity contribution is 0.144. The van der Waals surface area contributed by atoms with Gasteiger partial charge < -0.3 is 24.5 Å². The van der Waals surface area contributed by atoms with Crippen molar-refractivity contribution in [3.63, 3.8) is 0 Å². The Bertz CT molecular complexity index is 1090. The number of rotatable bonds is 7. The third kappa shape index (κ3) is 4.63. The molecule has 0 aliphatic carbocycles. The number of pyridine rings is 1. The smallest absolute Gasteiger partial charge is 0.497 e. The number of fused-ring (bicyclic) bond motifs is 1. The monoisotopic (exact) mass is 416 g/mol. The standard InChI is InChI=1S/C21H21ClN2O5/c1-3-24-12-19(29-21(26)27)20(25)15-10-17(16(22)11-18(15)24)23-9-8-13-4-6-14(28-2)7-5-13/h4-7,10-12,23H,3,8-9H2,1-2H3,(H,26,27). The Hall–Kier alpha value is -3.19. The van der Waals surface area contributed by atoms with Gasteiger partial charge in [-0.2, -0.15) is 0 Å². The van der Waals surface area contributed by atoms with Crippen LogP contribution in [0.15, 0.2) is 47.4 Å². The largest absolute Gasteiger partial charge is 0.511 e. The number of anilines is 1. The van der Waals surface area contributed by atoms with Gasteiger partial charge in [0.15, 0.2) is 5.75 Å². The molecule has 0 spiro atoms. The SMILES string of the molecule is CCn1cc(OC(=O)O)c(=O)c2cc(NCCc3ccc(OC)cc3)c(Cl)cc21. The number of aryl methyl sites for hydroxylation is 1. The van der Waals surface area contributed by atoms with Crippen LogP contribution in [-0.2, 0) is 13.0 Å². The second kappa shape index (κ2) is 8.87. The zero-order valence-corrected chi connectivity index (χ0v) is 16.8. The van der Waals surface area contributed by atoms with Crippen LogP contribution in [0, 0.1) is 0 Å². The number of hydrogen-bond acceptors (Lipinski definition) is 5. The van der Waals surface area contributed by atoms with E-state index in [4.69, 9.17) is 21.4 Å². The molecule has 0 bridgehead atoms. The highest BCUT2D eigenvalue weighted by Crippen LogP contribution is 2.28. The summed E-state index contributed by atoms with van der Waals surface area (Å²) in [7, 11) is 1.62. The number of carbonyl (C=O) groups is 1. The molecule has 0 aliphatic rings. The van der Waals surface area contributed by atoms with E-state index in [0.717, 1.165) is 17.7 Å². The van der Waals surface area contributed by atoms with Crippen molar-refractivity contribution < 1.29 is 19.4 Å². The summed E-state index contributed by atoms with van der Waals surface area (Å²) >= 11 is 6.41. The van der Waals surface area contributed by atoms with Crippen LogP contribution >= 0.6 is 11.6 Å². The van der Waals surface area contributed by atoms with Crippen LogP contribution in [0.5, 0.6) is 11.5 Å². The molecule has 29 heavy (non-hydrogen) atoms. The van der Waals surface area contributed by atoms with E-state index in [9.17, 15) is 9.59 Å². The molecule has 3 aromatic rings. The first-order valence-corrected chi connectivity index (χ1v) is 9.45. The number of benzene rings is 2. The van der Waals surface area contributed by atoms with Gasteiger partial charge in [-0.3, -0.25) is 4.79 Å². The van der Waals surface area contributed by atoms with Crippen LogP contribution in [0.3, 0.4) is 0 Å². The lowest BCUT2D eigenvalue weighted by Crippen LogP contribution is -2.16. The third-order valence-corrected chi connectivity index (χ3v) is 4.88. The lowest BCUT2D eigenvalue weighted by Gasteiger charge is -2.14. The predicted molar refractivity (Wildman–Crippen MR) is 113 cm³/mol. The van der Waals surface area contributed by atoms with E-state index < -0.39 is 11.6 Å². The van der Waals surface area contributed by atoms with Crippen molar-refractivity contribution in [2.24, 2.45) is 0 Å². The minimum Gasteiger partial charge on any atom is -0.497 e. The molecule has 0 unspecified atom stereocenters. The average Bonchev–Trinajstić information content (AvgIpc) is 2.71. The molecule has 0 saturated carbocycles. The quantitative estimate of drug-likeness (QED) is 0.555. The number of nitrogens with one attached hydrogen (secondary N) is 1. The Balaban J connectivity index is 1.87.